The predicted molar refractivity (Wildman–Crippen MR) is 68.3 cm³/mol. The molecular formula is C9H16N4O4S2. The number of nitrogens with zero attached hydrogens (tertiary/aromatic N) is 2. The van der Waals surface area contributed by atoms with Crippen molar-refractivity contribution in [3.8, 4) is 0 Å². The van der Waals surface area contributed by atoms with E-state index in [1.54, 1.807) is 0 Å². The molecule has 2 rings (SSSR count). The van der Waals surface area contributed by atoms with E-state index in [1.807, 2.05) is 0 Å². The zero-order valence-electron chi connectivity index (χ0n) is 10.4. The van der Waals surface area contributed by atoms with Crippen molar-refractivity contribution >= 4 is 20.0 Å². The first-order chi connectivity index (χ1) is 8.79. The van der Waals surface area contributed by atoms with Gasteiger partial charge in [0.25, 0.3) is 10.0 Å². The number of hydrogen-bond acceptors (Lipinski definition) is 5. The molecule has 0 aromatic carbocycles. The van der Waals surface area contributed by atoms with Crippen LogP contribution in [0.15, 0.2) is 17.6 Å². The van der Waals surface area contributed by atoms with Crippen LogP contribution in [0.2, 0.25) is 0 Å². The van der Waals surface area contributed by atoms with E-state index in [4.69, 9.17) is 0 Å². The first-order valence-corrected chi connectivity index (χ1v) is 9.08. The average Bonchev–Trinajstić information content (AvgIpc) is 2.80. The highest BCUT2D eigenvalue weighted by atomic mass is 32.2. The molecule has 108 valence electrons. The lowest BCUT2D eigenvalue weighted by atomic mass is 10.1. The molecule has 8 nitrogen and oxygen atoms in total. The molecule has 1 fully saturated rings. The normalized spacial score (nSPS) is 22.5. The van der Waals surface area contributed by atoms with E-state index in [0.717, 1.165) is 6.26 Å². The molecule has 10 heteroatoms. The fourth-order valence-electron chi connectivity index (χ4n) is 2.08. The molecular weight excluding hydrogens is 292 g/mol. The van der Waals surface area contributed by atoms with Crippen molar-refractivity contribution in [3.05, 3.63) is 12.5 Å². The molecule has 1 aliphatic rings. The minimum absolute atomic E-state index is 0.0208. The van der Waals surface area contributed by atoms with Crippen molar-refractivity contribution in [3.63, 3.8) is 0 Å². The van der Waals surface area contributed by atoms with Gasteiger partial charge in [0.15, 0.2) is 5.03 Å². The molecule has 2 heterocycles. The van der Waals surface area contributed by atoms with E-state index < -0.39 is 20.0 Å². The van der Waals surface area contributed by atoms with Gasteiger partial charge in [0.1, 0.15) is 0 Å². The van der Waals surface area contributed by atoms with Gasteiger partial charge in [-0.3, -0.25) is 0 Å². The largest absolute Gasteiger partial charge is 0.335 e. The summed E-state index contributed by atoms with van der Waals surface area (Å²) in [6, 6.07) is -0.388. The topological polar surface area (TPSA) is 112 Å². The lowest BCUT2D eigenvalue weighted by Gasteiger charge is -2.31. The number of aromatic amines is 1. The van der Waals surface area contributed by atoms with Gasteiger partial charge < -0.3 is 4.98 Å². The summed E-state index contributed by atoms with van der Waals surface area (Å²) in [5.74, 6) is 0. The smallest absolute Gasteiger partial charge is 0.260 e. The SMILES string of the molecule is CS(=O)(=O)NC1CCCN(S(=O)(=O)c2cnc[nH]2)C1. The molecule has 1 atom stereocenters. The van der Waals surface area contributed by atoms with E-state index in [-0.39, 0.29) is 17.6 Å². The Hall–Kier alpha value is -0.970. The van der Waals surface area contributed by atoms with Crippen LogP contribution in [-0.2, 0) is 20.0 Å². The number of aromatic nitrogens is 2. The molecule has 1 aliphatic heterocycles. The second kappa shape index (κ2) is 5.19. The molecule has 1 saturated heterocycles. The van der Waals surface area contributed by atoms with Gasteiger partial charge in [-0.1, -0.05) is 0 Å². The van der Waals surface area contributed by atoms with Crippen molar-refractivity contribution in [1.82, 2.24) is 19.0 Å². The fourth-order valence-corrected chi connectivity index (χ4v) is 4.30. The summed E-state index contributed by atoms with van der Waals surface area (Å²) in [6.45, 7) is 0.512. The van der Waals surface area contributed by atoms with Crippen LogP contribution in [0.25, 0.3) is 0 Å². The van der Waals surface area contributed by atoms with Gasteiger partial charge in [-0.15, -0.1) is 0 Å². The second-order valence-corrected chi connectivity index (χ2v) is 8.19. The molecule has 0 bridgehead atoms. The maximum atomic E-state index is 12.2. The highest BCUT2D eigenvalue weighted by Gasteiger charge is 2.32. The Balaban J connectivity index is 2.14. The minimum atomic E-state index is -3.63. The molecule has 0 amide bonds. The second-order valence-electron chi connectivity index (χ2n) is 4.51. The van der Waals surface area contributed by atoms with E-state index in [9.17, 15) is 16.8 Å². The summed E-state index contributed by atoms with van der Waals surface area (Å²) >= 11 is 0. The summed E-state index contributed by atoms with van der Waals surface area (Å²) in [5, 5.41) is 0.0208. The Morgan fingerprint density at radius 3 is 2.74 bits per heavy atom. The van der Waals surface area contributed by atoms with Crippen LogP contribution < -0.4 is 4.72 Å². The Labute approximate surface area is 112 Å². The van der Waals surface area contributed by atoms with E-state index in [1.165, 1.54) is 16.8 Å². The van der Waals surface area contributed by atoms with Crippen molar-refractivity contribution < 1.29 is 16.8 Å². The van der Waals surface area contributed by atoms with Crippen LogP contribution in [0.4, 0.5) is 0 Å². The predicted octanol–water partition coefficient (Wildman–Crippen LogP) is -0.888. The summed E-state index contributed by atoms with van der Waals surface area (Å²) < 4.78 is 50.6. The van der Waals surface area contributed by atoms with E-state index in [2.05, 4.69) is 14.7 Å². The molecule has 0 aliphatic carbocycles. The number of piperidine rings is 1. The molecule has 1 unspecified atom stereocenters. The number of H-pyrrole nitrogens is 1. The van der Waals surface area contributed by atoms with Crippen LogP contribution in [0, 0.1) is 0 Å². The third-order valence-electron chi connectivity index (χ3n) is 2.86. The summed E-state index contributed by atoms with van der Waals surface area (Å²) in [7, 11) is -6.96. The quantitative estimate of drug-likeness (QED) is 0.749. The fraction of sp³-hybridized carbons (Fsp3) is 0.667. The maximum Gasteiger partial charge on any atom is 0.260 e. The summed E-state index contributed by atoms with van der Waals surface area (Å²) in [5.41, 5.74) is 0. The number of rotatable bonds is 4. The van der Waals surface area contributed by atoms with Crippen LogP contribution >= 0.6 is 0 Å². The highest BCUT2D eigenvalue weighted by molar-refractivity contribution is 7.89. The third kappa shape index (κ3) is 3.53. The van der Waals surface area contributed by atoms with Gasteiger partial charge in [0.2, 0.25) is 10.0 Å². The Morgan fingerprint density at radius 2 is 2.16 bits per heavy atom. The lowest BCUT2D eigenvalue weighted by molar-refractivity contribution is 0.303. The molecule has 19 heavy (non-hydrogen) atoms. The molecule has 0 radical (unpaired) electrons. The zero-order valence-corrected chi connectivity index (χ0v) is 12.0. The number of sulfonamides is 2. The van der Waals surface area contributed by atoms with Crippen molar-refractivity contribution in [1.29, 1.82) is 0 Å². The maximum absolute atomic E-state index is 12.2. The van der Waals surface area contributed by atoms with Gasteiger partial charge in [-0.05, 0) is 12.8 Å². The Kier molecular flexibility index (Phi) is 3.95. The molecule has 1 aromatic heterocycles. The van der Waals surface area contributed by atoms with E-state index in [0.29, 0.717) is 19.4 Å². The van der Waals surface area contributed by atoms with Crippen LogP contribution in [0.3, 0.4) is 0 Å². The summed E-state index contributed by atoms with van der Waals surface area (Å²) in [6.07, 6.45) is 4.84. The van der Waals surface area contributed by atoms with Crippen LogP contribution in [0.5, 0.6) is 0 Å². The van der Waals surface area contributed by atoms with Gasteiger partial charge in [0, 0.05) is 19.1 Å². The van der Waals surface area contributed by atoms with E-state index >= 15 is 0 Å². The highest BCUT2D eigenvalue weighted by Crippen LogP contribution is 2.19. The van der Waals surface area contributed by atoms with Crippen molar-refractivity contribution in [2.45, 2.75) is 23.9 Å². The van der Waals surface area contributed by atoms with Crippen LogP contribution in [-0.4, -0.2) is 56.5 Å². The molecule has 0 spiro atoms. The number of imidazole rings is 1. The average molecular weight is 308 g/mol. The monoisotopic (exact) mass is 308 g/mol. The zero-order chi connectivity index (χ0) is 14.1. The van der Waals surface area contributed by atoms with Gasteiger partial charge in [-0.25, -0.2) is 26.5 Å². The number of hydrogen-bond donors (Lipinski definition) is 2. The Bertz CT molecular complexity index is 623. The Morgan fingerprint density at radius 1 is 1.42 bits per heavy atom. The molecule has 1 aromatic rings. The first kappa shape index (κ1) is 14.4. The van der Waals surface area contributed by atoms with Gasteiger partial charge in [0.05, 0.1) is 18.8 Å². The van der Waals surface area contributed by atoms with Gasteiger partial charge >= 0.3 is 0 Å². The first-order valence-electron chi connectivity index (χ1n) is 5.75. The lowest BCUT2D eigenvalue weighted by Crippen LogP contribution is -2.49. The van der Waals surface area contributed by atoms with Crippen molar-refractivity contribution in [2.24, 2.45) is 0 Å². The number of nitrogens with one attached hydrogen (secondary N) is 2. The van der Waals surface area contributed by atoms with Crippen LogP contribution in [0.1, 0.15) is 12.8 Å². The standard InChI is InChI=1S/C9H16N4O4S2/c1-18(14,15)12-8-3-2-4-13(6-8)19(16,17)9-5-10-7-11-9/h5,7-8,12H,2-4,6H2,1H3,(H,10,11). The summed E-state index contributed by atoms with van der Waals surface area (Å²) in [4.78, 5) is 6.25. The molecule has 2 N–H and O–H groups in total. The van der Waals surface area contributed by atoms with Crippen molar-refractivity contribution in [2.75, 3.05) is 19.3 Å². The van der Waals surface area contributed by atoms with Gasteiger partial charge in [-0.2, -0.15) is 4.31 Å². The third-order valence-corrected chi connectivity index (χ3v) is 5.41. The minimum Gasteiger partial charge on any atom is -0.335 e. The molecule has 0 saturated carbocycles.